The van der Waals surface area contributed by atoms with Gasteiger partial charge in [0.2, 0.25) is 0 Å². The van der Waals surface area contributed by atoms with Gasteiger partial charge in [-0.15, -0.1) is 0 Å². The van der Waals surface area contributed by atoms with Crippen molar-refractivity contribution in [1.82, 2.24) is 4.98 Å². The average molecular weight is 171 g/mol. The van der Waals surface area contributed by atoms with Gasteiger partial charge in [-0.05, 0) is 50.3 Å². The predicted molar refractivity (Wildman–Crippen MR) is 53.2 cm³/mol. The van der Waals surface area contributed by atoms with Gasteiger partial charge in [-0.3, -0.25) is 0 Å². The number of nitrogens with zero attached hydrogens (tertiary/aromatic N) is 1. The van der Waals surface area contributed by atoms with Crippen molar-refractivity contribution in [2.24, 2.45) is 5.41 Å². The Morgan fingerprint density at radius 2 is 2.23 bits per heavy atom. The van der Waals surface area contributed by atoms with E-state index < -0.39 is 0 Å². The van der Waals surface area contributed by atoms with E-state index in [2.05, 4.69) is 30.7 Å². The molecule has 0 spiro atoms. The molecular formula is C12H13N. The molecular weight excluding hydrogens is 158 g/mol. The number of hydrogen-bond acceptors (Lipinski definition) is 1. The van der Waals surface area contributed by atoms with Gasteiger partial charge in [-0.25, -0.2) is 4.98 Å². The second-order valence-electron chi connectivity index (χ2n) is 4.03. The molecule has 1 aliphatic rings. The highest BCUT2D eigenvalue weighted by molar-refractivity contribution is 5.33. The van der Waals surface area contributed by atoms with Crippen LogP contribution in [0, 0.1) is 24.2 Å². The van der Waals surface area contributed by atoms with Crippen molar-refractivity contribution in [3.8, 4) is 11.8 Å². The summed E-state index contributed by atoms with van der Waals surface area (Å²) in [5.41, 5.74) is 2.42. The van der Waals surface area contributed by atoms with E-state index in [1.807, 2.05) is 18.3 Å². The lowest BCUT2D eigenvalue weighted by Crippen LogP contribution is -1.87. The minimum Gasteiger partial charge on any atom is -0.248 e. The zero-order valence-electron chi connectivity index (χ0n) is 8.09. The highest BCUT2D eigenvalue weighted by Crippen LogP contribution is 2.44. The molecule has 0 aliphatic heterocycles. The summed E-state index contributed by atoms with van der Waals surface area (Å²) in [6.45, 7) is 4.27. The molecule has 0 unspecified atom stereocenters. The summed E-state index contributed by atoms with van der Waals surface area (Å²) in [7, 11) is 0. The lowest BCUT2D eigenvalue weighted by molar-refractivity contribution is 0.782. The van der Waals surface area contributed by atoms with Crippen LogP contribution in [-0.2, 0) is 0 Å². The van der Waals surface area contributed by atoms with Crippen LogP contribution >= 0.6 is 0 Å². The first kappa shape index (κ1) is 8.31. The molecule has 1 aliphatic carbocycles. The number of aryl methyl sites for hydroxylation is 1. The quantitative estimate of drug-likeness (QED) is 0.547. The van der Waals surface area contributed by atoms with Gasteiger partial charge in [0, 0.05) is 11.6 Å². The Balaban J connectivity index is 2.20. The molecule has 1 nitrogen and oxygen atoms in total. The number of rotatable bonds is 0. The predicted octanol–water partition coefficient (Wildman–Crippen LogP) is 2.54. The second-order valence-corrected chi connectivity index (χ2v) is 4.03. The van der Waals surface area contributed by atoms with Crippen molar-refractivity contribution >= 4 is 0 Å². The fourth-order valence-corrected chi connectivity index (χ4v) is 1.13. The van der Waals surface area contributed by atoms with Gasteiger partial charge in [-0.1, -0.05) is 5.92 Å². The standard InChI is InChI=1S/C12H13N/c1-10-4-8-13-11(9-10)3-5-12(2)6-7-12/h4,8-9H,6-7H2,1-2H3. The van der Waals surface area contributed by atoms with Crippen molar-refractivity contribution in [3.63, 3.8) is 0 Å². The van der Waals surface area contributed by atoms with Crippen molar-refractivity contribution in [1.29, 1.82) is 0 Å². The largest absolute Gasteiger partial charge is 0.248 e. The van der Waals surface area contributed by atoms with Crippen LogP contribution in [-0.4, -0.2) is 4.98 Å². The molecule has 66 valence electrons. The number of aromatic nitrogens is 1. The maximum absolute atomic E-state index is 4.20. The minimum atomic E-state index is 0.297. The third-order valence-corrected chi connectivity index (χ3v) is 2.41. The van der Waals surface area contributed by atoms with E-state index in [4.69, 9.17) is 0 Å². The fraction of sp³-hybridized carbons (Fsp3) is 0.417. The fourth-order valence-electron chi connectivity index (χ4n) is 1.13. The summed E-state index contributed by atoms with van der Waals surface area (Å²) < 4.78 is 0. The van der Waals surface area contributed by atoms with Gasteiger partial charge in [0.25, 0.3) is 0 Å². The second kappa shape index (κ2) is 2.88. The van der Waals surface area contributed by atoms with Gasteiger partial charge in [0.05, 0.1) is 0 Å². The zero-order valence-corrected chi connectivity index (χ0v) is 8.09. The molecule has 0 radical (unpaired) electrons. The first-order valence-corrected chi connectivity index (χ1v) is 4.64. The van der Waals surface area contributed by atoms with Crippen LogP contribution in [0.15, 0.2) is 18.3 Å². The van der Waals surface area contributed by atoms with Gasteiger partial charge >= 0.3 is 0 Å². The van der Waals surface area contributed by atoms with E-state index in [-0.39, 0.29) is 0 Å². The van der Waals surface area contributed by atoms with Gasteiger partial charge in [-0.2, -0.15) is 0 Å². The van der Waals surface area contributed by atoms with Crippen molar-refractivity contribution in [2.45, 2.75) is 26.7 Å². The summed E-state index contributed by atoms with van der Waals surface area (Å²) >= 11 is 0. The number of pyridine rings is 1. The van der Waals surface area contributed by atoms with E-state index in [0.717, 1.165) is 5.69 Å². The van der Waals surface area contributed by atoms with E-state index in [0.29, 0.717) is 5.41 Å². The molecule has 1 aromatic heterocycles. The van der Waals surface area contributed by atoms with Crippen molar-refractivity contribution < 1.29 is 0 Å². The normalized spacial score (nSPS) is 17.4. The Hall–Kier alpha value is -1.29. The van der Waals surface area contributed by atoms with Crippen LogP contribution in [0.25, 0.3) is 0 Å². The smallest absolute Gasteiger partial charge is 0.113 e. The van der Waals surface area contributed by atoms with Crippen molar-refractivity contribution in [2.75, 3.05) is 0 Å². The molecule has 1 heterocycles. The summed E-state index contributed by atoms with van der Waals surface area (Å²) in [6.07, 6.45) is 4.30. The topological polar surface area (TPSA) is 12.9 Å². The van der Waals surface area contributed by atoms with Gasteiger partial charge in [0.1, 0.15) is 5.69 Å². The Labute approximate surface area is 79.2 Å². The molecule has 1 heteroatoms. The molecule has 0 N–H and O–H groups in total. The Kier molecular flexibility index (Phi) is 1.84. The van der Waals surface area contributed by atoms with Gasteiger partial charge in [0.15, 0.2) is 0 Å². The van der Waals surface area contributed by atoms with Crippen LogP contribution < -0.4 is 0 Å². The Morgan fingerprint density at radius 1 is 1.46 bits per heavy atom. The highest BCUT2D eigenvalue weighted by atomic mass is 14.6. The van der Waals surface area contributed by atoms with Crippen LogP contribution in [0.4, 0.5) is 0 Å². The summed E-state index contributed by atoms with van der Waals surface area (Å²) in [6, 6.07) is 4.02. The lowest BCUT2D eigenvalue weighted by atomic mass is 10.1. The highest BCUT2D eigenvalue weighted by Gasteiger charge is 2.35. The SMILES string of the molecule is Cc1ccnc(C#CC2(C)CC2)c1. The van der Waals surface area contributed by atoms with E-state index in [1.54, 1.807) is 0 Å². The van der Waals surface area contributed by atoms with E-state index in [1.165, 1.54) is 18.4 Å². The third kappa shape index (κ3) is 2.09. The van der Waals surface area contributed by atoms with Crippen molar-refractivity contribution in [3.05, 3.63) is 29.6 Å². The monoisotopic (exact) mass is 171 g/mol. The maximum Gasteiger partial charge on any atom is 0.113 e. The maximum atomic E-state index is 4.20. The van der Waals surface area contributed by atoms with Gasteiger partial charge < -0.3 is 0 Å². The molecule has 0 saturated heterocycles. The molecule has 1 fully saturated rings. The minimum absolute atomic E-state index is 0.297. The summed E-state index contributed by atoms with van der Waals surface area (Å²) in [5, 5.41) is 0. The lowest BCUT2D eigenvalue weighted by Gasteiger charge is -1.94. The first-order valence-electron chi connectivity index (χ1n) is 4.64. The Bertz CT molecular complexity index is 378. The molecule has 0 aromatic carbocycles. The van der Waals surface area contributed by atoms with Crippen LogP contribution in [0.5, 0.6) is 0 Å². The zero-order chi connectivity index (χ0) is 9.31. The number of hydrogen-bond donors (Lipinski definition) is 0. The first-order chi connectivity index (χ1) is 6.18. The summed E-state index contributed by atoms with van der Waals surface area (Å²) in [4.78, 5) is 4.20. The van der Waals surface area contributed by atoms with Crippen LogP contribution in [0.1, 0.15) is 31.0 Å². The average Bonchev–Trinajstić information content (AvgIpc) is 2.82. The van der Waals surface area contributed by atoms with E-state index >= 15 is 0 Å². The molecule has 13 heavy (non-hydrogen) atoms. The van der Waals surface area contributed by atoms with Crippen LogP contribution in [0.3, 0.4) is 0 Å². The molecule has 1 aromatic rings. The van der Waals surface area contributed by atoms with Crippen LogP contribution in [0.2, 0.25) is 0 Å². The molecule has 0 atom stereocenters. The molecule has 2 rings (SSSR count). The van der Waals surface area contributed by atoms with E-state index in [9.17, 15) is 0 Å². The summed E-state index contributed by atoms with van der Waals surface area (Å²) in [5.74, 6) is 6.39. The molecule has 0 bridgehead atoms. The molecule has 1 saturated carbocycles. The Morgan fingerprint density at radius 3 is 2.85 bits per heavy atom. The third-order valence-electron chi connectivity index (χ3n) is 2.41. The molecule has 0 amide bonds.